The summed E-state index contributed by atoms with van der Waals surface area (Å²) in [4.78, 5) is 25.3. The Hall–Kier alpha value is -1.56. The predicted molar refractivity (Wildman–Crippen MR) is 88.9 cm³/mol. The highest BCUT2D eigenvalue weighted by Gasteiger charge is 2.26. The van der Waals surface area contributed by atoms with Crippen molar-refractivity contribution in [1.29, 1.82) is 0 Å². The number of amides is 1. The van der Waals surface area contributed by atoms with Crippen LogP contribution in [0.15, 0.2) is 18.2 Å². The zero-order valence-corrected chi connectivity index (χ0v) is 14.3. The Morgan fingerprint density at radius 3 is 2.91 bits per heavy atom. The van der Waals surface area contributed by atoms with E-state index in [2.05, 4.69) is 4.74 Å². The van der Waals surface area contributed by atoms with Gasteiger partial charge in [-0.15, -0.1) is 11.8 Å². The third-order valence-corrected chi connectivity index (χ3v) is 5.27. The van der Waals surface area contributed by atoms with Gasteiger partial charge in [-0.05, 0) is 37.0 Å². The number of hydrogen-bond acceptors (Lipinski definition) is 4. The Bertz CT molecular complexity index is 579. The van der Waals surface area contributed by atoms with Crippen LogP contribution in [0, 0.1) is 12.7 Å². The van der Waals surface area contributed by atoms with Crippen molar-refractivity contribution in [2.45, 2.75) is 31.4 Å². The SMILES string of the molecule is COC(=O)CS[C@H]1CCN(C(=O)CCc2ccc(F)c(C)c2)C1. The first kappa shape index (κ1) is 17.8. The Morgan fingerprint density at radius 2 is 2.22 bits per heavy atom. The molecule has 1 amide bonds. The van der Waals surface area contributed by atoms with Crippen molar-refractivity contribution in [3.05, 3.63) is 35.1 Å². The lowest BCUT2D eigenvalue weighted by atomic mass is 10.1. The standard InChI is InChI=1S/C17H22FNO3S/c1-12-9-13(3-5-15(12)18)4-6-16(20)19-8-7-14(10-19)23-11-17(21)22-2/h3,5,9,14H,4,6-8,10-11H2,1-2H3/t14-/m0/s1. The van der Waals surface area contributed by atoms with Crippen LogP contribution in [0.4, 0.5) is 4.39 Å². The monoisotopic (exact) mass is 339 g/mol. The molecule has 1 fully saturated rings. The van der Waals surface area contributed by atoms with Crippen LogP contribution in [-0.4, -0.2) is 48.0 Å². The van der Waals surface area contributed by atoms with Crippen LogP contribution < -0.4 is 0 Å². The molecule has 1 saturated heterocycles. The average molecular weight is 339 g/mol. The van der Waals surface area contributed by atoms with Gasteiger partial charge in [0, 0.05) is 24.8 Å². The molecule has 0 radical (unpaired) electrons. The first-order valence-corrected chi connectivity index (χ1v) is 8.75. The number of likely N-dealkylation sites (tertiary alicyclic amines) is 1. The van der Waals surface area contributed by atoms with E-state index >= 15 is 0 Å². The summed E-state index contributed by atoms with van der Waals surface area (Å²) in [6.45, 7) is 3.15. The zero-order valence-electron chi connectivity index (χ0n) is 13.5. The van der Waals surface area contributed by atoms with E-state index in [0.29, 0.717) is 36.0 Å². The molecule has 23 heavy (non-hydrogen) atoms. The summed E-state index contributed by atoms with van der Waals surface area (Å²) in [5.74, 6) is 0.00242. The summed E-state index contributed by atoms with van der Waals surface area (Å²) in [5.41, 5.74) is 1.59. The second-order valence-corrected chi connectivity index (χ2v) is 7.01. The molecule has 0 saturated carbocycles. The van der Waals surface area contributed by atoms with Gasteiger partial charge in [0.15, 0.2) is 0 Å². The number of nitrogens with zero attached hydrogens (tertiary/aromatic N) is 1. The van der Waals surface area contributed by atoms with Crippen molar-refractivity contribution in [1.82, 2.24) is 4.90 Å². The molecule has 1 aromatic rings. The topological polar surface area (TPSA) is 46.6 Å². The number of thioether (sulfide) groups is 1. The highest BCUT2D eigenvalue weighted by atomic mass is 32.2. The molecule has 2 rings (SSSR count). The molecular weight excluding hydrogens is 317 g/mol. The number of ether oxygens (including phenoxy) is 1. The predicted octanol–water partition coefficient (Wildman–Crippen LogP) is 2.57. The van der Waals surface area contributed by atoms with E-state index in [1.807, 2.05) is 4.90 Å². The van der Waals surface area contributed by atoms with E-state index in [4.69, 9.17) is 0 Å². The average Bonchev–Trinajstić information content (AvgIpc) is 3.02. The first-order chi connectivity index (χ1) is 11.0. The fraction of sp³-hybridized carbons (Fsp3) is 0.529. The largest absolute Gasteiger partial charge is 0.468 e. The molecule has 126 valence electrons. The van der Waals surface area contributed by atoms with Gasteiger partial charge in [-0.1, -0.05) is 12.1 Å². The summed E-state index contributed by atoms with van der Waals surface area (Å²) in [6.07, 6.45) is 1.96. The third kappa shape index (κ3) is 5.23. The minimum absolute atomic E-state index is 0.119. The summed E-state index contributed by atoms with van der Waals surface area (Å²) >= 11 is 1.55. The summed E-state index contributed by atoms with van der Waals surface area (Å²) in [6, 6.07) is 4.97. The van der Waals surface area contributed by atoms with Crippen molar-refractivity contribution in [2.75, 3.05) is 26.0 Å². The maximum atomic E-state index is 13.2. The second-order valence-electron chi connectivity index (χ2n) is 5.72. The molecule has 1 heterocycles. The number of carbonyl (C=O) groups excluding carboxylic acids is 2. The molecule has 0 bridgehead atoms. The van der Waals surface area contributed by atoms with Crippen LogP contribution in [0.3, 0.4) is 0 Å². The van der Waals surface area contributed by atoms with Crippen LogP contribution in [0.2, 0.25) is 0 Å². The van der Waals surface area contributed by atoms with E-state index < -0.39 is 0 Å². The summed E-state index contributed by atoms with van der Waals surface area (Å²) in [7, 11) is 1.38. The van der Waals surface area contributed by atoms with Gasteiger partial charge in [-0.25, -0.2) is 4.39 Å². The van der Waals surface area contributed by atoms with Gasteiger partial charge in [-0.2, -0.15) is 0 Å². The van der Waals surface area contributed by atoms with Gasteiger partial charge in [0.1, 0.15) is 5.82 Å². The lowest BCUT2D eigenvalue weighted by Gasteiger charge is -2.16. The van der Waals surface area contributed by atoms with Crippen LogP contribution in [-0.2, 0) is 20.7 Å². The minimum atomic E-state index is -0.230. The van der Waals surface area contributed by atoms with Gasteiger partial charge < -0.3 is 9.64 Å². The van der Waals surface area contributed by atoms with Crippen molar-refractivity contribution in [3.8, 4) is 0 Å². The molecular formula is C17H22FNO3S. The van der Waals surface area contributed by atoms with Gasteiger partial charge >= 0.3 is 5.97 Å². The molecule has 0 aliphatic carbocycles. The molecule has 0 unspecified atom stereocenters. The van der Waals surface area contributed by atoms with Gasteiger partial charge in [0.25, 0.3) is 0 Å². The van der Waals surface area contributed by atoms with Crippen LogP contribution in [0.1, 0.15) is 24.0 Å². The van der Waals surface area contributed by atoms with Crippen LogP contribution >= 0.6 is 11.8 Å². The van der Waals surface area contributed by atoms with Crippen molar-refractivity contribution in [2.24, 2.45) is 0 Å². The molecule has 0 N–H and O–H groups in total. The molecule has 0 spiro atoms. The summed E-state index contributed by atoms with van der Waals surface area (Å²) in [5, 5.41) is 0.297. The molecule has 6 heteroatoms. The molecule has 1 aliphatic heterocycles. The molecule has 1 aliphatic rings. The van der Waals surface area contributed by atoms with Crippen LogP contribution in [0.25, 0.3) is 0 Å². The van der Waals surface area contributed by atoms with E-state index in [1.165, 1.54) is 13.2 Å². The van der Waals surface area contributed by atoms with E-state index in [-0.39, 0.29) is 17.7 Å². The Balaban J connectivity index is 1.76. The number of esters is 1. The first-order valence-electron chi connectivity index (χ1n) is 7.71. The smallest absolute Gasteiger partial charge is 0.315 e. The molecule has 4 nitrogen and oxygen atoms in total. The maximum absolute atomic E-state index is 13.2. The van der Waals surface area contributed by atoms with Crippen molar-refractivity contribution >= 4 is 23.6 Å². The van der Waals surface area contributed by atoms with Crippen molar-refractivity contribution in [3.63, 3.8) is 0 Å². The normalized spacial score (nSPS) is 17.3. The number of benzene rings is 1. The highest BCUT2D eigenvalue weighted by Crippen LogP contribution is 2.23. The van der Waals surface area contributed by atoms with Gasteiger partial charge in [0.05, 0.1) is 12.9 Å². The van der Waals surface area contributed by atoms with E-state index in [1.54, 1.807) is 30.8 Å². The summed E-state index contributed by atoms with van der Waals surface area (Å²) < 4.78 is 17.9. The van der Waals surface area contributed by atoms with Crippen LogP contribution in [0.5, 0.6) is 0 Å². The second kappa shape index (κ2) is 8.34. The fourth-order valence-electron chi connectivity index (χ4n) is 2.61. The Labute approximate surface area is 140 Å². The van der Waals surface area contributed by atoms with E-state index in [9.17, 15) is 14.0 Å². The number of rotatable bonds is 6. The number of carbonyl (C=O) groups is 2. The lowest BCUT2D eigenvalue weighted by molar-refractivity contribution is -0.137. The quantitative estimate of drug-likeness (QED) is 0.748. The molecule has 0 aromatic heterocycles. The van der Waals surface area contributed by atoms with E-state index in [0.717, 1.165) is 18.5 Å². The number of hydrogen-bond donors (Lipinski definition) is 0. The minimum Gasteiger partial charge on any atom is -0.468 e. The number of aryl methyl sites for hydroxylation is 2. The highest BCUT2D eigenvalue weighted by molar-refractivity contribution is 8.00. The fourth-order valence-corrected chi connectivity index (χ4v) is 3.65. The maximum Gasteiger partial charge on any atom is 0.315 e. The van der Waals surface area contributed by atoms with Gasteiger partial charge in [-0.3, -0.25) is 9.59 Å². The Kier molecular flexibility index (Phi) is 6.45. The lowest BCUT2D eigenvalue weighted by Crippen LogP contribution is -2.29. The number of halogens is 1. The number of methoxy groups -OCH3 is 1. The Morgan fingerprint density at radius 1 is 1.43 bits per heavy atom. The molecule has 1 aromatic carbocycles. The molecule has 1 atom stereocenters. The third-order valence-electron chi connectivity index (χ3n) is 4.01. The van der Waals surface area contributed by atoms with Crippen molar-refractivity contribution < 1.29 is 18.7 Å². The van der Waals surface area contributed by atoms with Gasteiger partial charge in [0.2, 0.25) is 5.91 Å². The zero-order chi connectivity index (χ0) is 16.8.